The third-order valence-electron chi connectivity index (χ3n) is 3.91. The number of benzene rings is 1. The summed E-state index contributed by atoms with van der Waals surface area (Å²) in [5, 5.41) is 2.66. The Morgan fingerprint density at radius 1 is 1.03 bits per heavy atom. The van der Waals surface area contributed by atoms with Crippen molar-refractivity contribution in [2.75, 3.05) is 0 Å². The van der Waals surface area contributed by atoms with E-state index >= 15 is 0 Å². The van der Waals surface area contributed by atoms with Crippen molar-refractivity contribution in [1.82, 2.24) is 16.2 Å². The van der Waals surface area contributed by atoms with Crippen LogP contribution >= 0.6 is 11.3 Å². The van der Waals surface area contributed by atoms with Crippen molar-refractivity contribution < 1.29 is 19.1 Å². The second kappa shape index (κ2) is 9.56. The lowest BCUT2D eigenvalue weighted by Crippen LogP contribution is -2.41. The van der Waals surface area contributed by atoms with E-state index in [1.165, 1.54) is 11.3 Å². The lowest BCUT2D eigenvalue weighted by Gasteiger charge is -2.19. The third kappa shape index (κ3) is 6.90. The number of thiophene rings is 1. The summed E-state index contributed by atoms with van der Waals surface area (Å²) >= 11 is 1.42. The van der Waals surface area contributed by atoms with Crippen LogP contribution in [0.15, 0.2) is 30.3 Å². The summed E-state index contributed by atoms with van der Waals surface area (Å²) in [6.07, 6.45) is 0.364. The SMILES string of the molecule is CCc1sc(C(=O)NNC(=O)c2ccc(CNC(=O)OC(C)(C)C)cc2)cc1C. The van der Waals surface area contributed by atoms with Crippen molar-refractivity contribution in [2.24, 2.45) is 0 Å². The molecule has 2 aromatic rings. The topological polar surface area (TPSA) is 96.5 Å². The minimum Gasteiger partial charge on any atom is -0.444 e. The van der Waals surface area contributed by atoms with Gasteiger partial charge in [-0.15, -0.1) is 11.3 Å². The van der Waals surface area contributed by atoms with Crippen LogP contribution < -0.4 is 16.2 Å². The van der Waals surface area contributed by atoms with Gasteiger partial charge in [-0.25, -0.2) is 4.79 Å². The first-order valence-electron chi connectivity index (χ1n) is 9.35. The van der Waals surface area contributed by atoms with E-state index < -0.39 is 17.6 Å². The number of ether oxygens (including phenoxy) is 1. The summed E-state index contributed by atoms with van der Waals surface area (Å²) in [7, 11) is 0. The van der Waals surface area contributed by atoms with Crippen LogP contribution in [0.25, 0.3) is 0 Å². The highest BCUT2D eigenvalue weighted by Gasteiger charge is 2.16. The van der Waals surface area contributed by atoms with Gasteiger partial charge >= 0.3 is 6.09 Å². The molecule has 2 rings (SSSR count). The number of amides is 3. The lowest BCUT2D eigenvalue weighted by molar-refractivity contribution is 0.0523. The van der Waals surface area contributed by atoms with Crippen LogP contribution in [0.3, 0.4) is 0 Å². The summed E-state index contributed by atoms with van der Waals surface area (Å²) in [5.41, 5.74) is 6.58. The number of hydrogen-bond donors (Lipinski definition) is 3. The van der Waals surface area contributed by atoms with Crippen molar-refractivity contribution in [3.63, 3.8) is 0 Å². The van der Waals surface area contributed by atoms with Crippen molar-refractivity contribution in [2.45, 2.75) is 53.2 Å². The number of carbonyl (C=O) groups excluding carboxylic acids is 3. The second-order valence-corrected chi connectivity index (χ2v) is 8.67. The Morgan fingerprint density at radius 3 is 2.21 bits per heavy atom. The van der Waals surface area contributed by atoms with Crippen LogP contribution in [0.5, 0.6) is 0 Å². The van der Waals surface area contributed by atoms with Crippen LogP contribution in [0, 0.1) is 6.92 Å². The number of rotatable bonds is 5. The van der Waals surface area contributed by atoms with Crippen molar-refractivity contribution in [3.8, 4) is 0 Å². The Morgan fingerprint density at radius 2 is 1.66 bits per heavy atom. The molecule has 0 atom stereocenters. The molecule has 29 heavy (non-hydrogen) atoms. The normalized spacial score (nSPS) is 10.9. The van der Waals surface area contributed by atoms with Gasteiger partial charge in [0.2, 0.25) is 0 Å². The number of carbonyl (C=O) groups is 3. The van der Waals surface area contributed by atoms with E-state index in [2.05, 4.69) is 16.2 Å². The molecule has 3 N–H and O–H groups in total. The monoisotopic (exact) mass is 417 g/mol. The van der Waals surface area contributed by atoms with Crippen LogP contribution in [0.1, 0.15) is 63.7 Å². The summed E-state index contributed by atoms with van der Waals surface area (Å²) < 4.78 is 5.17. The molecule has 0 saturated heterocycles. The van der Waals surface area contributed by atoms with Crippen molar-refractivity contribution in [1.29, 1.82) is 0 Å². The van der Waals surface area contributed by atoms with Crippen LogP contribution in [0.4, 0.5) is 4.79 Å². The standard InChI is InChI=1S/C21H27N3O4S/c1-6-16-13(2)11-17(29-16)19(26)24-23-18(25)15-9-7-14(8-10-15)12-22-20(27)28-21(3,4)5/h7-11H,6,12H2,1-5H3,(H,22,27)(H,23,25)(H,24,26). The molecule has 0 radical (unpaired) electrons. The van der Waals surface area contributed by atoms with E-state index in [1.54, 1.807) is 45.0 Å². The fourth-order valence-corrected chi connectivity index (χ4v) is 3.50. The highest BCUT2D eigenvalue weighted by atomic mass is 32.1. The van der Waals surface area contributed by atoms with Crippen LogP contribution in [-0.4, -0.2) is 23.5 Å². The van der Waals surface area contributed by atoms with E-state index in [-0.39, 0.29) is 12.5 Å². The minimum absolute atomic E-state index is 0.283. The predicted molar refractivity (Wildman–Crippen MR) is 113 cm³/mol. The second-order valence-electron chi connectivity index (χ2n) is 7.53. The highest BCUT2D eigenvalue weighted by molar-refractivity contribution is 7.14. The van der Waals surface area contributed by atoms with Gasteiger partial charge in [0.05, 0.1) is 4.88 Å². The van der Waals surface area contributed by atoms with Gasteiger partial charge < -0.3 is 10.1 Å². The molecule has 0 bridgehead atoms. The average Bonchev–Trinajstić information content (AvgIpc) is 3.04. The number of nitrogens with one attached hydrogen (secondary N) is 3. The number of aryl methyl sites for hydroxylation is 2. The Balaban J connectivity index is 1.85. The molecule has 0 saturated carbocycles. The van der Waals surface area contributed by atoms with Gasteiger partial charge in [0, 0.05) is 17.0 Å². The quantitative estimate of drug-likeness (QED) is 0.646. The fourth-order valence-electron chi connectivity index (χ4n) is 2.49. The molecule has 1 aromatic heterocycles. The average molecular weight is 418 g/mol. The van der Waals surface area contributed by atoms with Gasteiger partial charge in [0.1, 0.15) is 5.60 Å². The van der Waals surface area contributed by atoms with Gasteiger partial charge in [0.15, 0.2) is 0 Å². The largest absolute Gasteiger partial charge is 0.444 e. The van der Waals surface area contributed by atoms with E-state index in [1.807, 2.05) is 19.9 Å². The van der Waals surface area contributed by atoms with E-state index in [9.17, 15) is 14.4 Å². The maximum atomic E-state index is 12.2. The molecule has 0 fully saturated rings. The zero-order valence-corrected chi connectivity index (χ0v) is 18.2. The molecular weight excluding hydrogens is 390 g/mol. The van der Waals surface area contributed by atoms with E-state index in [0.717, 1.165) is 22.4 Å². The molecule has 0 aliphatic carbocycles. The Labute approximate surface area is 174 Å². The first kappa shape index (κ1) is 22.4. The van der Waals surface area contributed by atoms with E-state index in [0.29, 0.717) is 10.4 Å². The zero-order valence-electron chi connectivity index (χ0n) is 17.3. The smallest absolute Gasteiger partial charge is 0.407 e. The van der Waals surface area contributed by atoms with Crippen LogP contribution in [0.2, 0.25) is 0 Å². The van der Waals surface area contributed by atoms with Gasteiger partial charge in [-0.1, -0.05) is 19.1 Å². The van der Waals surface area contributed by atoms with Crippen LogP contribution in [-0.2, 0) is 17.7 Å². The summed E-state index contributed by atoms with van der Waals surface area (Å²) in [4.78, 5) is 37.8. The summed E-state index contributed by atoms with van der Waals surface area (Å²) in [6, 6.07) is 8.52. The number of hydrogen-bond acceptors (Lipinski definition) is 5. The molecule has 0 spiro atoms. The number of hydrazine groups is 1. The molecule has 1 aromatic carbocycles. The molecule has 1 heterocycles. The van der Waals surface area contributed by atoms with Gasteiger partial charge in [-0.05, 0) is 63.4 Å². The minimum atomic E-state index is -0.559. The maximum Gasteiger partial charge on any atom is 0.407 e. The van der Waals surface area contributed by atoms with Crippen molar-refractivity contribution in [3.05, 3.63) is 56.8 Å². The summed E-state index contributed by atoms with van der Waals surface area (Å²) in [6.45, 7) is 9.66. The molecule has 0 unspecified atom stereocenters. The Hall–Kier alpha value is -2.87. The molecule has 3 amide bonds. The summed E-state index contributed by atoms with van der Waals surface area (Å²) in [5.74, 6) is -0.765. The molecular formula is C21H27N3O4S. The molecule has 156 valence electrons. The molecule has 8 heteroatoms. The fraction of sp³-hybridized carbons (Fsp3) is 0.381. The van der Waals surface area contributed by atoms with Gasteiger partial charge in [-0.3, -0.25) is 20.4 Å². The first-order chi connectivity index (χ1) is 13.6. The molecule has 0 aliphatic rings. The maximum absolute atomic E-state index is 12.2. The Kier molecular flexibility index (Phi) is 7.39. The van der Waals surface area contributed by atoms with E-state index in [4.69, 9.17) is 4.74 Å². The van der Waals surface area contributed by atoms with Gasteiger partial charge in [-0.2, -0.15) is 0 Å². The first-order valence-corrected chi connectivity index (χ1v) is 10.2. The van der Waals surface area contributed by atoms with Crippen molar-refractivity contribution >= 4 is 29.2 Å². The predicted octanol–water partition coefficient (Wildman–Crippen LogP) is 3.72. The highest BCUT2D eigenvalue weighted by Crippen LogP contribution is 2.22. The number of alkyl carbamates (subject to hydrolysis) is 1. The lowest BCUT2D eigenvalue weighted by atomic mass is 10.1. The molecule has 7 nitrogen and oxygen atoms in total. The third-order valence-corrected chi connectivity index (χ3v) is 5.29. The van der Waals surface area contributed by atoms with Gasteiger partial charge in [0.25, 0.3) is 11.8 Å². The molecule has 0 aliphatic heterocycles. The Bertz CT molecular complexity index is 882. The zero-order chi connectivity index (χ0) is 21.6.